The Morgan fingerprint density at radius 2 is 0.950 bits per heavy atom. The summed E-state index contributed by atoms with van der Waals surface area (Å²) in [6.45, 7) is 4.23. The summed E-state index contributed by atoms with van der Waals surface area (Å²) >= 11 is 0. The average Bonchev–Trinajstić information content (AvgIpc) is 3.50. The van der Waals surface area contributed by atoms with Gasteiger partial charge >= 0.3 is 0 Å². The quantitative estimate of drug-likeness (QED) is 0.241. The summed E-state index contributed by atoms with van der Waals surface area (Å²) in [6, 6.07) is 29.5. The molecule has 0 fully saturated rings. The van der Waals surface area contributed by atoms with E-state index >= 15 is 0 Å². The highest BCUT2D eigenvalue weighted by atomic mass is 15.1. The van der Waals surface area contributed by atoms with Crippen LogP contribution in [0.25, 0.3) is 66.6 Å². The molecule has 0 saturated carbocycles. The van der Waals surface area contributed by atoms with Crippen LogP contribution in [0.4, 0.5) is 0 Å². The number of fused-ring (bicyclic) bond motifs is 6. The van der Waals surface area contributed by atoms with Crippen LogP contribution in [0.15, 0.2) is 110 Å². The summed E-state index contributed by atoms with van der Waals surface area (Å²) in [7, 11) is 0. The van der Waals surface area contributed by atoms with Gasteiger partial charge in [-0.2, -0.15) is 0 Å². The van der Waals surface area contributed by atoms with E-state index in [0.29, 0.717) is 0 Å². The van der Waals surface area contributed by atoms with Gasteiger partial charge in [-0.15, -0.1) is 0 Å². The van der Waals surface area contributed by atoms with Crippen molar-refractivity contribution in [3.8, 4) is 22.8 Å². The minimum absolute atomic E-state index is 0.816. The van der Waals surface area contributed by atoms with E-state index in [9.17, 15) is 0 Å². The molecule has 0 N–H and O–H groups in total. The fraction of sp³-hybridized carbons (Fsp3) is 0.0588. The van der Waals surface area contributed by atoms with E-state index in [1.807, 2.05) is 49.1 Å². The molecule has 0 atom stereocenters. The third-order valence-corrected chi connectivity index (χ3v) is 7.64. The lowest BCUT2D eigenvalue weighted by Crippen LogP contribution is -1.98. The zero-order valence-electron chi connectivity index (χ0n) is 22.1. The topological polar surface area (TPSA) is 61.4 Å². The zero-order chi connectivity index (χ0) is 26.8. The second kappa shape index (κ2) is 8.58. The Kier molecular flexibility index (Phi) is 4.85. The van der Waals surface area contributed by atoms with Crippen LogP contribution in [0.2, 0.25) is 0 Å². The van der Waals surface area contributed by atoms with E-state index in [0.717, 1.165) is 55.9 Å². The fourth-order valence-corrected chi connectivity index (χ4v) is 5.78. The van der Waals surface area contributed by atoms with E-state index in [2.05, 4.69) is 83.6 Å². The molecule has 0 spiro atoms. The van der Waals surface area contributed by atoms with Crippen LogP contribution in [0.1, 0.15) is 11.1 Å². The summed E-state index contributed by atoms with van der Waals surface area (Å²) in [5.74, 6) is 0. The van der Waals surface area contributed by atoms with Gasteiger partial charge in [0.1, 0.15) is 11.3 Å². The molecule has 6 aromatic heterocycles. The SMILES string of the molecule is Cc1ccc2c(c1)c1cccnc1n2-c1ccc(-c2ccc(-n3c4ccc(C)cc4c4cccnc43)cn2)nc1. The van der Waals surface area contributed by atoms with Crippen LogP contribution in [-0.2, 0) is 0 Å². The predicted octanol–water partition coefficient (Wildman–Crippen LogP) is 7.74. The van der Waals surface area contributed by atoms with Gasteiger partial charge in [0.05, 0.1) is 46.2 Å². The standard InChI is InChI=1S/C34H24N6/c1-21-7-13-31-27(17-21)25-5-3-15-35-33(25)39(31)23-9-11-29(37-19-23)30-12-10-24(20-38-30)40-32-14-8-22(2)18-28(32)26-6-4-16-36-34(26)40/h3-20H,1-2H3. The molecular weight excluding hydrogens is 492 g/mol. The van der Waals surface area contributed by atoms with Crippen LogP contribution >= 0.6 is 0 Å². The molecule has 2 aromatic carbocycles. The molecule has 40 heavy (non-hydrogen) atoms. The molecule has 190 valence electrons. The lowest BCUT2D eigenvalue weighted by molar-refractivity contribution is 1.09. The lowest BCUT2D eigenvalue weighted by atomic mass is 10.1. The van der Waals surface area contributed by atoms with Gasteiger partial charge in [-0.3, -0.25) is 19.1 Å². The number of benzene rings is 2. The Bertz CT molecular complexity index is 2060. The number of aryl methyl sites for hydroxylation is 2. The van der Waals surface area contributed by atoms with E-state index in [-0.39, 0.29) is 0 Å². The summed E-state index contributed by atoms with van der Waals surface area (Å²) in [5, 5.41) is 4.66. The van der Waals surface area contributed by atoms with Crippen molar-refractivity contribution in [1.29, 1.82) is 0 Å². The molecule has 8 rings (SSSR count). The first-order valence-electron chi connectivity index (χ1n) is 13.3. The van der Waals surface area contributed by atoms with Gasteiger partial charge in [-0.1, -0.05) is 23.3 Å². The smallest absolute Gasteiger partial charge is 0.145 e. The number of aromatic nitrogens is 6. The largest absolute Gasteiger partial charge is 0.292 e. The van der Waals surface area contributed by atoms with E-state index in [1.54, 1.807) is 0 Å². The molecule has 8 aromatic rings. The molecule has 6 heterocycles. The Morgan fingerprint density at radius 1 is 0.475 bits per heavy atom. The normalized spacial score (nSPS) is 11.8. The molecule has 0 aliphatic heterocycles. The van der Waals surface area contributed by atoms with Gasteiger partial charge in [-0.25, -0.2) is 9.97 Å². The third-order valence-electron chi connectivity index (χ3n) is 7.64. The van der Waals surface area contributed by atoms with Crippen LogP contribution in [0, 0.1) is 13.8 Å². The summed E-state index contributed by atoms with van der Waals surface area (Å²) < 4.78 is 4.35. The zero-order valence-corrected chi connectivity index (χ0v) is 22.1. The second-order valence-corrected chi connectivity index (χ2v) is 10.3. The van der Waals surface area contributed by atoms with Crippen molar-refractivity contribution in [2.24, 2.45) is 0 Å². The highest BCUT2D eigenvalue weighted by Gasteiger charge is 2.15. The Hall–Kier alpha value is -5.36. The maximum atomic E-state index is 4.81. The average molecular weight is 517 g/mol. The van der Waals surface area contributed by atoms with E-state index in [1.165, 1.54) is 21.9 Å². The molecule has 0 saturated heterocycles. The monoisotopic (exact) mass is 516 g/mol. The van der Waals surface area contributed by atoms with Crippen molar-refractivity contribution < 1.29 is 0 Å². The number of hydrogen-bond donors (Lipinski definition) is 0. The van der Waals surface area contributed by atoms with Gasteiger partial charge in [0.15, 0.2) is 0 Å². The lowest BCUT2D eigenvalue weighted by Gasteiger charge is -2.09. The summed E-state index contributed by atoms with van der Waals surface area (Å²) in [6.07, 6.45) is 7.48. The van der Waals surface area contributed by atoms with Crippen LogP contribution in [0.5, 0.6) is 0 Å². The highest BCUT2D eigenvalue weighted by Crippen LogP contribution is 2.33. The first-order valence-corrected chi connectivity index (χ1v) is 13.3. The van der Waals surface area contributed by atoms with Crippen LogP contribution in [-0.4, -0.2) is 29.1 Å². The predicted molar refractivity (Wildman–Crippen MR) is 161 cm³/mol. The molecule has 0 aliphatic rings. The highest BCUT2D eigenvalue weighted by molar-refractivity contribution is 6.09. The minimum Gasteiger partial charge on any atom is -0.292 e. The van der Waals surface area contributed by atoms with Gasteiger partial charge < -0.3 is 0 Å². The van der Waals surface area contributed by atoms with Crippen molar-refractivity contribution in [2.45, 2.75) is 13.8 Å². The molecule has 0 bridgehead atoms. The fourth-order valence-electron chi connectivity index (χ4n) is 5.78. The van der Waals surface area contributed by atoms with Gasteiger partial charge in [0.25, 0.3) is 0 Å². The van der Waals surface area contributed by atoms with Gasteiger partial charge in [0, 0.05) is 33.9 Å². The minimum atomic E-state index is 0.816. The number of hydrogen-bond acceptors (Lipinski definition) is 4. The molecular formula is C34H24N6. The van der Waals surface area contributed by atoms with Gasteiger partial charge in [-0.05, 0) is 86.6 Å². The Labute approximate surface area is 230 Å². The molecule has 6 nitrogen and oxygen atoms in total. The van der Waals surface area contributed by atoms with Crippen molar-refractivity contribution in [1.82, 2.24) is 29.1 Å². The van der Waals surface area contributed by atoms with Crippen molar-refractivity contribution >= 4 is 43.9 Å². The number of nitrogens with zero attached hydrogens (tertiary/aromatic N) is 6. The molecule has 6 heteroatoms. The second-order valence-electron chi connectivity index (χ2n) is 10.3. The van der Waals surface area contributed by atoms with Crippen LogP contribution < -0.4 is 0 Å². The van der Waals surface area contributed by atoms with Gasteiger partial charge in [0.2, 0.25) is 0 Å². The maximum absolute atomic E-state index is 4.81. The van der Waals surface area contributed by atoms with Crippen molar-refractivity contribution in [3.05, 3.63) is 121 Å². The third kappa shape index (κ3) is 3.36. The van der Waals surface area contributed by atoms with E-state index < -0.39 is 0 Å². The van der Waals surface area contributed by atoms with Crippen molar-refractivity contribution in [2.75, 3.05) is 0 Å². The molecule has 0 unspecified atom stereocenters. The maximum Gasteiger partial charge on any atom is 0.145 e. The molecule has 0 aliphatic carbocycles. The summed E-state index contributed by atoms with van der Waals surface area (Å²) in [5.41, 5.74) is 10.1. The van der Waals surface area contributed by atoms with Crippen LogP contribution in [0.3, 0.4) is 0 Å². The Morgan fingerprint density at radius 3 is 1.38 bits per heavy atom. The Balaban J connectivity index is 1.19. The number of pyridine rings is 4. The van der Waals surface area contributed by atoms with E-state index in [4.69, 9.17) is 19.9 Å². The summed E-state index contributed by atoms with van der Waals surface area (Å²) in [4.78, 5) is 19.0. The molecule has 0 radical (unpaired) electrons. The molecule has 0 amide bonds. The first-order chi connectivity index (χ1) is 19.7. The van der Waals surface area contributed by atoms with Crippen molar-refractivity contribution in [3.63, 3.8) is 0 Å². The first kappa shape index (κ1) is 22.6. The number of rotatable bonds is 3.